The minimum absolute atomic E-state index is 0.186. The molecular weight excluding hydrogens is 324 g/mol. The molecule has 4 nitrogen and oxygen atoms in total. The third-order valence-corrected chi connectivity index (χ3v) is 4.52. The van der Waals surface area contributed by atoms with E-state index >= 15 is 0 Å². The SMILES string of the molecule is O=C(CC[NH+]1CCN(c2ccccc2F)CC1)Nc1ccccc1F. The minimum atomic E-state index is -0.429. The third-order valence-electron chi connectivity index (χ3n) is 4.52. The molecule has 132 valence electrons. The van der Waals surface area contributed by atoms with Crippen LogP contribution >= 0.6 is 0 Å². The number of quaternary nitrogens is 1. The van der Waals surface area contributed by atoms with Gasteiger partial charge in [0.05, 0.1) is 50.5 Å². The van der Waals surface area contributed by atoms with Crippen molar-refractivity contribution >= 4 is 17.3 Å². The summed E-state index contributed by atoms with van der Waals surface area (Å²) in [5.74, 6) is -0.814. The van der Waals surface area contributed by atoms with Gasteiger partial charge in [-0.15, -0.1) is 0 Å². The Kier molecular flexibility index (Phi) is 5.60. The van der Waals surface area contributed by atoms with Crippen molar-refractivity contribution in [3.63, 3.8) is 0 Å². The number of carbonyl (C=O) groups excluding carboxylic acids is 1. The zero-order valence-electron chi connectivity index (χ0n) is 14.0. The molecule has 0 bridgehead atoms. The van der Waals surface area contributed by atoms with Crippen molar-refractivity contribution in [1.82, 2.24) is 0 Å². The molecule has 3 rings (SSSR count). The van der Waals surface area contributed by atoms with Gasteiger partial charge in [-0.3, -0.25) is 4.79 Å². The highest BCUT2D eigenvalue weighted by atomic mass is 19.1. The molecule has 0 aromatic heterocycles. The Balaban J connectivity index is 1.44. The van der Waals surface area contributed by atoms with E-state index in [0.717, 1.165) is 26.2 Å². The normalized spacial score (nSPS) is 15.2. The van der Waals surface area contributed by atoms with Crippen molar-refractivity contribution in [3.8, 4) is 0 Å². The standard InChI is InChI=1S/C19H21F2N3O/c20-15-5-1-3-7-17(15)22-19(25)9-10-23-11-13-24(14-12-23)18-8-4-2-6-16(18)21/h1-8H,9-14H2,(H,22,25)/p+1. The number of rotatable bonds is 5. The van der Waals surface area contributed by atoms with E-state index in [9.17, 15) is 13.6 Å². The summed E-state index contributed by atoms with van der Waals surface area (Å²) in [4.78, 5) is 15.3. The van der Waals surface area contributed by atoms with E-state index in [2.05, 4.69) is 5.32 Å². The highest BCUT2D eigenvalue weighted by Gasteiger charge is 2.22. The molecule has 1 fully saturated rings. The van der Waals surface area contributed by atoms with Crippen LogP contribution < -0.4 is 15.1 Å². The predicted octanol–water partition coefficient (Wildman–Crippen LogP) is 1.70. The quantitative estimate of drug-likeness (QED) is 0.865. The first-order valence-electron chi connectivity index (χ1n) is 8.51. The zero-order valence-corrected chi connectivity index (χ0v) is 14.0. The molecule has 2 N–H and O–H groups in total. The monoisotopic (exact) mass is 346 g/mol. The van der Waals surface area contributed by atoms with Crippen molar-refractivity contribution in [3.05, 3.63) is 60.2 Å². The van der Waals surface area contributed by atoms with Crippen LogP contribution in [0, 0.1) is 11.6 Å². The topological polar surface area (TPSA) is 36.8 Å². The second kappa shape index (κ2) is 8.07. The summed E-state index contributed by atoms with van der Waals surface area (Å²) in [5, 5.41) is 2.60. The predicted molar refractivity (Wildman–Crippen MR) is 93.8 cm³/mol. The number of amides is 1. The summed E-state index contributed by atoms with van der Waals surface area (Å²) in [5.41, 5.74) is 0.853. The van der Waals surface area contributed by atoms with Gasteiger partial charge in [0, 0.05) is 0 Å². The van der Waals surface area contributed by atoms with Crippen molar-refractivity contribution in [2.75, 3.05) is 42.9 Å². The first kappa shape index (κ1) is 17.4. The number of anilines is 2. The average Bonchev–Trinajstić information content (AvgIpc) is 2.63. The van der Waals surface area contributed by atoms with E-state index in [1.165, 1.54) is 17.0 Å². The van der Waals surface area contributed by atoms with E-state index in [0.29, 0.717) is 18.7 Å². The van der Waals surface area contributed by atoms with E-state index in [1.54, 1.807) is 30.3 Å². The fraction of sp³-hybridized carbons (Fsp3) is 0.316. The number of halogens is 2. The van der Waals surface area contributed by atoms with Crippen LogP contribution in [0.1, 0.15) is 6.42 Å². The summed E-state index contributed by atoms with van der Waals surface area (Å²) in [6.07, 6.45) is 0.337. The maximum Gasteiger partial charge on any atom is 0.230 e. The summed E-state index contributed by atoms with van der Waals surface area (Å²) < 4.78 is 27.4. The van der Waals surface area contributed by atoms with Crippen LogP contribution in [0.3, 0.4) is 0 Å². The van der Waals surface area contributed by atoms with E-state index < -0.39 is 5.82 Å². The second-order valence-electron chi connectivity index (χ2n) is 6.22. The van der Waals surface area contributed by atoms with Gasteiger partial charge in [0.25, 0.3) is 0 Å². The Bertz CT molecular complexity index is 730. The van der Waals surface area contributed by atoms with Crippen molar-refractivity contribution in [1.29, 1.82) is 0 Å². The van der Waals surface area contributed by atoms with E-state index in [-0.39, 0.29) is 17.4 Å². The Morgan fingerprint density at radius 3 is 2.32 bits per heavy atom. The van der Waals surface area contributed by atoms with Gasteiger partial charge in [0.1, 0.15) is 11.6 Å². The molecule has 0 radical (unpaired) electrons. The smallest absolute Gasteiger partial charge is 0.230 e. The van der Waals surface area contributed by atoms with Gasteiger partial charge in [-0.25, -0.2) is 8.78 Å². The highest BCUT2D eigenvalue weighted by molar-refractivity contribution is 5.90. The van der Waals surface area contributed by atoms with Crippen LogP contribution in [0.15, 0.2) is 48.5 Å². The fourth-order valence-electron chi connectivity index (χ4n) is 3.09. The van der Waals surface area contributed by atoms with Gasteiger partial charge < -0.3 is 15.1 Å². The van der Waals surface area contributed by atoms with Gasteiger partial charge >= 0.3 is 0 Å². The highest BCUT2D eigenvalue weighted by Crippen LogP contribution is 2.18. The Labute approximate surface area is 146 Å². The number of nitrogens with one attached hydrogen (secondary N) is 2. The molecule has 6 heteroatoms. The number of carbonyl (C=O) groups is 1. The number of nitrogens with zero attached hydrogens (tertiary/aromatic N) is 1. The lowest BCUT2D eigenvalue weighted by molar-refractivity contribution is -0.900. The van der Waals surface area contributed by atoms with Gasteiger partial charge in [-0.05, 0) is 24.3 Å². The summed E-state index contributed by atoms with van der Waals surface area (Å²) >= 11 is 0. The third kappa shape index (κ3) is 4.54. The largest absolute Gasteiger partial charge is 0.358 e. The molecule has 1 aliphatic rings. The zero-order chi connectivity index (χ0) is 17.6. The van der Waals surface area contributed by atoms with E-state index in [4.69, 9.17) is 0 Å². The van der Waals surface area contributed by atoms with Crippen LogP contribution in [0.4, 0.5) is 20.2 Å². The average molecular weight is 346 g/mol. The number of benzene rings is 2. The summed E-state index contributed by atoms with van der Waals surface area (Å²) in [6.45, 7) is 3.89. The summed E-state index contributed by atoms with van der Waals surface area (Å²) in [7, 11) is 0. The molecular formula is C19H22F2N3O+. The van der Waals surface area contributed by atoms with Gasteiger partial charge in [0.2, 0.25) is 5.91 Å². The molecule has 0 atom stereocenters. The molecule has 25 heavy (non-hydrogen) atoms. The Morgan fingerprint density at radius 1 is 1.00 bits per heavy atom. The molecule has 0 aliphatic carbocycles. The van der Waals surface area contributed by atoms with Gasteiger partial charge in [0.15, 0.2) is 0 Å². The molecule has 0 unspecified atom stereocenters. The Hall–Kier alpha value is -2.47. The first-order valence-corrected chi connectivity index (χ1v) is 8.51. The molecule has 2 aromatic rings. The molecule has 1 heterocycles. The molecule has 1 saturated heterocycles. The second-order valence-corrected chi connectivity index (χ2v) is 6.22. The van der Waals surface area contributed by atoms with Crippen LogP contribution in [0.2, 0.25) is 0 Å². The van der Waals surface area contributed by atoms with Crippen LogP contribution in [0.5, 0.6) is 0 Å². The number of piperazine rings is 1. The lowest BCUT2D eigenvalue weighted by Crippen LogP contribution is -3.15. The number of hydrogen-bond donors (Lipinski definition) is 2. The first-order chi connectivity index (χ1) is 12.1. The Morgan fingerprint density at radius 2 is 1.64 bits per heavy atom. The molecule has 0 spiro atoms. The maximum absolute atomic E-state index is 13.8. The van der Waals surface area contributed by atoms with Crippen molar-refractivity contribution in [2.45, 2.75) is 6.42 Å². The maximum atomic E-state index is 13.8. The molecule has 2 aromatic carbocycles. The molecule has 0 saturated carbocycles. The summed E-state index contributed by atoms with van der Waals surface area (Å²) in [6, 6.07) is 12.9. The van der Waals surface area contributed by atoms with Gasteiger partial charge in [-0.2, -0.15) is 0 Å². The van der Waals surface area contributed by atoms with Gasteiger partial charge in [-0.1, -0.05) is 24.3 Å². The van der Waals surface area contributed by atoms with Crippen LogP contribution in [-0.4, -0.2) is 38.6 Å². The van der Waals surface area contributed by atoms with Crippen molar-refractivity contribution in [2.24, 2.45) is 0 Å². The minimum Gasteiger partial charge on any atom is -0.358 e. The van der Waals surface area contributed by atoms with E-state index in [1.807, 2.05) is 11.0 Å². The fourth-order valence-corrected chi connectivity index (χ4v) is 3.09. The lowest BCUT2D eigenvalue weighted by atomic mass is 10.2. The van der Waals surface area contributed by atoms with Crippen LogP contribution in [0.25, 0.3) is 0 Å². The number of hydrogen-bond acceptors (Lipinski definition) is 2. The number of para-hydroxylation sites is 2. The van der Waals surface area contributed by atoms with Crippen LogP contribution in [-0.2, 0) is 4.79 Å². The lowest BCUT2D eigenvalue weighted by Gasteiger charge is -2.33. The molecule has 1 aliphatic heterocycles. The molecule has 1 amide bonds. The van der Waals surface area contributed by atoms with Crippen molar-refractivity contribution < 1.29 is 18.5 Å².